The van der Waals surface area contributed by atoms with E-state index in [-0.39, 0.29) is 10.9 Å². The van der Waals surface area contributed by atoms with Crippen LogP contribution in [0, 0.1) is 23.9 Å². The highest BCUT2D eigenvalue weighted by Gasteiger charge is 2.18. The van der Waals surface area contributed by atoms with E-state index in [1.54, 1.807) is 25.1 Å². The number of benzene rings is 2. The largest absolute Gasteiger partial charge is 0.203 e. The van der Waals surface area contributed by atoms with E-state index in [0.29, 0.717) is 5.39 Å². The average Bonchev–Trinajstić information content (AvgIpc) is 2.27. The third-order valence-corrected chi connectivity index (χ3v) is 2.36. The third-order valence-electron chi connectivity index (χ3n) is 2.36. The van der Waals surface area contributed by atoms with Gasteiger partial charge in [0.05, 0.1) is 0 Å². The van der Waals surface area contributed by atoms with Crippen LogP contribution in [0.5, 0.6) is 0 Å². The van der Waals surface area contributed by atoms with Crippen LogP contribution in [0.1, 0.15) is 12.5 Å². The highest BCUT2D eigenvalue weighted by atomic mass is 19.2. The van der Waals surface area contributed by atoms with Gasteiger partial charge in [0.2, 0.25) is 0 Å². The van der Waals surface area contributed by atoms with E-state index >= 15 is 0 Å². The number of fused-ring (bicyclic) bond motifs is 1. The fraction of sp³-hybridized carbons (Fsp3) is 0.0833. The number of halogens is 3. The highest BCUT2D eigenvalue weighted by Crippen LogP contribution is 2.28. The summed E-state index contributed by atoms with van der Waals surface area (Å²) in [5.74, 6) is -3.68. The zero-order valence-electron chi connectivity index (χ0n) is 8.02. The minimum absolute atomic E-state index is 0.101. The molecule has 0 fully saturated rings. The van der Waals surface area contributed by atoms with Crippen molar-refractivity contribution >= 4 is 10.8 Å². The zero-order valence-corrected chi connectivity index (χ0v) is 8.02. The van der Waals surface area contributed by atoms with Gasteiger partial charge in [0.15, 0.2) is 17.5 Å². The molecule has 2 aromatic carbocycles. The molecule has 15 heavy (non-hydrogen) atoms. The third kappa shape index (κ3) is 1.39. The fourth-order valence-corrected chi connectivity index (χ4v) is 1.64. The van der Waals surface area contributed by atoms with Gasteiger partial charge in [0.25, 0.3) is 0 Å². The molecular weight excluding hydrogens is 201 g/mol. The summed E-state index contributed by atoms with van der Waals surface area (Å²) >= 11 is 0. The number of rotatable bonds is 1. The molecule has 0 aliphatic rings. The molecule has 2 aromatic rings. The summed E-state index contributed by atoms with van der Waals surface area (Å²) in [6, 6.07) is 6.24. The second-order valence-corrected chi connectivity index (χ2v) is 3.19. The Morgan fingerprint density at radius 1 is 0.867 bits per heavy atom. The van der Waals surface area contributed by atoms with Crippen LogP contribution >= 0.6 is 0 Å². The lowest BCUT2D eigenvalue weighted by molar-refractivity contribution is 0.451. The predicted molar refractivity (Wildman–Crippen MR) is 52.9 cm³/mol. The van der Waals surface area contributed by atoms with E-state index in [2.05, 4.69) is 0 Å². The minimum atomic E-state index is -1.41. The standard InChI is InChI=1S/C12H8F3/c1-2-7-8-5-3-4-6-9(8)11(14)12(15)10(7)13/h2-6H,1H3. The summed E-state index contributed by atoms with van der Waals surface area (Å²) in [6.45, 7) is 1.59. The maximum absolute atomic E-state index is 13.3. The van der Waals surface area contributed by atoms with Crippen LogP contribution in [0.2, 0.25) is 0 Å². The zero-order chi connectivity index (χ0) is 11.0. The van der Waals surface area contributed by atoms with Crippen LogP contribution in [0.25, 0.3) is 10.8 Å². The van der Waals surface area contributed by atoms with Gasteiger partial charge in [0.1, 0.15) is 0 Å². The Morgan fingerprint density at radius 2 is 1.47 bits per heavy atom. The van der Waals surface area contributed by atoms with Gasteiger partial charge in [-0.3, -0.25) is 0 Å². The first kappa shape index (κ1) is 10.0. The molecule has 0 saturated carbocycles. The van der Waals surface area contributed by atoms with Crippen LogP contribution in [0.4, 0.5) is 13.2 Å². The van der Waals surface area contributed by atoms with Gasteiger partial charge >= 0.3 is 0 Å². The molecule has 2 rings (SSSR count). The first-order valence-electron chi connectivity index (χ1n) is 4.51. The second kappa shape index (κ2) is 3.57. The summed E-state index contributed by atoms with van der Waals surface area (Å²) < 4.78 is 39.8. The molecule has 0 amide bonds. The van der Waals surface area contributed by atoms with Crippen molar-refractivity contribution in [3.63, 3.8) is 0 Å². The Morgan fingerprint density at radius 3 is 2.07 bits per heavy atom. The Labute approximate surface area is 85.3 Å². The highest BCUT2D eigenvalue weighted by molar-refractivity contribution is 5.87. The SMILES string of the molecule is C[CH]c1c(F)c(F)c(F)c2ccccc12. The van der Waals surface area contributed by atoms with E-state index in [1.165, 1.54) is 12.5 Å². The Balaban J connectivity index is 2.98. The summed E-state index contributed by atoms with van der Waals surface area (Å²) in [7, 11) is 0. The maximum Gasteiger partial charge on any atom is 0.195 e. The Bertz CT molecular complexity index is 518. The van der Waals surface area contributed by atoms with Crippen molar-refractivity contribution in [3.05, 3.63) is 53.7 Å². The molecule has 0 bridgehead atoms. The average molecular weight is 209 g/mol. The molecular formula is C12H8F3. The summed E-state index contributed by atoms with van der Waals surface area (Å²) in [5, 5.41) is 0.487. The molecule has 0 aliphatic heterocycles. The molecule has 0 heterocycles. The summed E-state index contributed by atoms with van der Waals surface area (Å²) in [6.07, 6.45) is 1.43. The molecule has 77 valence electrons. The van der Waals surface area contributed by atoms with E-state index in [1.807, 2.05) is 0 Å². The van der Waals surface area contributed by atoms with E-state index in [9.17, 15) is 13.2 Å². The van der Waals surface area contributed by atoms with Gasteiger partial charge in [-0.2, -0.15) is 0 Å². The second-order valence-electron chi connectivity index (χ2n) is 3.19. The topological polar surface area (TPSA) is 0 Å². The van der Waals surface area contributed by atoms with E-state index < -0.39 is 17.5 Å². The van der Waals surface area contributed by atoms with Crippen molar-refractivity contribution < 1.29 is 13.2 Å². The van der Waals surface area contributed by atoms with Gasteiger partial charge in [-0.15, -0.1) is 0 Å². The predicted octanol–water partition coefficient (Wildman–Crippen LogP) is 3.83. The van der Waals surface area contributed by atoms with Crippen molar-refractivity contribution in [1.82, 2.24) is 0 Å². The van der Waals surface area contributed by atoms with Crippen molar-refractivity contribution in [2.24, 2.45) is 0 Å². The van der Waals surface area contributed by atoms with Crippen LogP contribution in [0.15, 0.2) is 24.3 Å². The quantitative estimate of drug-likeness (QED) is 0.626. The molecule has 0 aromatic heterocycles. The molecule has 0 saturated heterocycles. The molecule has 0 spiro atoms. The van der Waals surface area contributed by atoms with Gasteiger partial charge in [0, 0.05) is 10.9 Å². The van der Waals surface area contributed by atoms with Crippen molar-refractivity contribution in [2.75, 3.05) is 0 Å². The lowest BCUT2D eigenvalue weighted by atomic mass is 10.0. The van der Waals surface area contributed by atoms with Gasteiger partial charge in [-0.1, -0.05) is 31.2 Å². The fourth-order valence-electron chi connectivity index (χ4n) is 1.64. The lowest BCUT2D eigenvalue weighted by Crippen LogP contribution is -1.98. The first-order valence-corrected chi connectivity index (χ1v) is 4.51. The summed E-state index contributed by atoms with van der Waals surface area (Å²) in [4.78, 5) is 0. The van der Waals surface area contributed by atoms with E-state index in [4.69, 9.17) is 0 Å². The van der Waals surface area contributed by atoms with Crippen LogP contribution in [0.3, 0.4) is 0 Å². The van der Waals surface area contributed by atoms with Crippen LogP contribution in [-0.2, 0) is 0 Å². The van der Waals surface area contributed by atoms with Gasteiger partial charge in [-0.05, 0) is 11.8 Å². The number of hydrogen-bond donors (Lipinski definition) is 0. The van der Waals surface area contributed by atoms with Crippen molar-refractivity contribution in [3.8, 4) is 0 Å². The molecule has 3 heteroatoms. The lowest BCUT2D eigenvalue weighted by Gasteiger charge is -2.07. The van der Waals surface area contributed by atoms with Gasteiger partial charge < -0.3 is 0 Å². The Kier molecular flexibility index (Phi) is 2.39. The summed E-state index contributed by atoms with van der Waals surface area (Å²) in [5.41, 5.74) is 0.101. The normalized spacial score (nSPS) is 10.9. The van der Waals surface area contributed by atoms with Crippen molar-refractivity contribution in [2.45, 2.75) is 6.92 Å². The number of hydrogen-bond acceptors (Lipinski definition) is 0. The first-order chi connectivity index (χ1) is 7.16. The monoisotopic (exact) mass is 209 g/mol. The molecule has 1 radical (unpaired) electrons. The van der Waals surface area contributed by atoms with Crippen LogP contribution < -0.4 is 0 Å². The molecule has 0 atom stereocenters. The maximum atomic E-state index is 13.3. The Hall–Kier alpha value is -1.51. The minimum Gasteiger partial charge on any atom is -0.203 e. The van der Waals surface area contributed by atoms with Crippen molar-refractivity contribution in [1.29, 1.82) is 0 Å². The smallest absolute Gasteiger partial charge is 0.195 e. The van der Waals surface area contributed by atoms with Gasteiger partial charge in [-0.25, -0.2) is 13.2 Å². The molecule has 0 unspecified atom stereocenters. The van der Waals surface area contributed by atoms with Crippen LogP contribution in [-0.4, -0.2) is 0 Å². The molecule has 0 N–H and O–H groups in total. The molecule has 0 aliphatic carbocycles. The van der Waals surface area contributed by atoms with E-state index in [0.717, 1.165) is 0 Å². The molecule has 0 nitrogen and oxygen atoms in total.